The van der Waals surface area contributed by atoms with E-state index in [9.17, 15) is 9.18 Å². The van der Waals surface area contributed by atoms with Crippen molar-refractivity contribution in [1.82, 2.24) is 4.98 Å². The second-order valence-corrected chi connectivity index (χ2v) is 7.07. The minimum atomic E-state index is -0.274. The Balaban J connectivity index is 1.69. The molecule has 28 heavy (non-hydrogen) atoms. The molecule has 1 saturated heterocycles. The fraction of sp³-hybridized carbons (Fsp3) is 0.304. The summed E-state index contributed by atoms with van der Waals surface area (Å²) in [6.45, 7) is 3.70. The van der Waals surface area contributed by atoms with Gasteiger partial charge in [0.2, 0.25) is 0 Å². The summed E-state index contributed by atoms with van der Waals surface area (Å²) in [4.78, 5) is 19.0. The van der Waals surface area contributed by atoms with Crippen LogP contribution in [0.5, 0.6) is 0 Å². The number of esters is 1. The monoisotopic (exact) mass is 378 g/mol. The molecule has 0 unspecified atom stereocenters. The molecule has 0 atom stereocenters. The van der Waals surface area contributed by atoms with Gasteiger partial charge in [0.1, 0.15) is 5.82 Å². The normalized spacial score (nSPS) is 15.0. The second kappa shape index (κ2) is 7.97. The van der Waals surface area contributed by atoms with Crippen molar-refractivity contribution in [3.8, 4) is 11.3 Å². The summed E-state index contributed by atoms with van der Waals surface area (Å²) in [6.07, 6.45) is 1.47. The number of aromatic nitrogens is 1. The first-order valence-corrected chi connectivity index (χ1v) is 9.73. The third-order valence-electron chi connectivity index (χ3n) is 5.27. The van der Waals surface area contributed by atoms with Gasteiger partial charge in [-0.15, -0.1) is 0 Å². The molecule has 1 aliphatic rings. The van der Waals surface area contributed by atoms with Crippen LogP contribution in [0.15, 0.2) is 54.6 Å². The molecule has 0 spiro atoms. The van der Waals surface area contributed by atoms with Crippen LogP contribution < -0.4 is 4.90 Å². The van der Waals surface area contributed by atoms with Crippen molar-refractivity contribution in [2.24, 2.45) is 5.92 Å². The van der Waals surface area contributed by atoms with Crippen molar-refractivity contribution in [3.05, 3.63) is 60.4 Å². The van der Waals surface area contributed by atoms with Crippen LogP contribution in [0.25, 0.3) is 22.2 Å². The number of anilines is 1. The molecule has 3 aromatic rings. The second-order valence-electron chi connectivity index (χ2n) is 7.07. The molecule has 1 fully saturated rings. The molecular formula is C23H23FN2O2. The largest absolute Gasteiger partial charge is 0.466 e. The lowest BCUT2D eigenvalue weighted by atomic mass is 9.96. The van der Waals surface area contributed by atoms with Crippen molar-refractivity contribution in [2.45, 2.75) is 19.8 Å². The van der Waals surface area contributed by atoms with Crippen LogP contribution in [0.1, 0.15) is 19.8 Å². The summed E-state index contributed by atoms with van der Waals surface area (Å²) in [5.74, 6) is -0.447. The van der Waals surface area contributed by atoms with E-state index in [1.54, 1.807) is 12.1 Å². The van der Waals surface area contributed by atoms with Crippen LogP contribution in [0, 0.1) is 11.7 Å². The average Bonchev–Trinajstić information content (AvgIpc) is 2.74. The summed E-state index contributed by atoms with van der Waals surface area (Å²) in [5.41, 5.74) is 3.62. The zero-order chi connectivity index (χ0) is 19.5. The number of benzene rings is 2. The van der Waals surface area contributed by atoms with Crippen molar-refractivity contribution in [1.29, 1.82) is 0 Å². The fourth-order valence-electron chi connectivity index (χ4n) is 3.81. The van der Waals surface area contributed by atoms with Gasteiger partial charge in [-0.1, -0.05) is 30.3 Å². The summed E-state index contributed by atoms with van der Waals surface area (Å²) in [6, 6.07) is 16.7. The first-order valence-electron chi connectivity index (χ1n) is 9.73. The molecule has 0 bridgehead atoms. The van der Waals surface area contributed by atoms with Gasteiger partial charge in [-0.3, -0.25) is 4.79 Å². The molecule has 144 valence electrons. The van der Waals surface area contributed by atoms with Crippen molar-refractivity contribution in [2.75, 3.05) is 24.6 Å². The Morgan fingerprint density at radius 1 is 1.14 bits per heavy atom. The Bertz CT molecular complexity index is 983. The third-order valence-corrected chi connectivity index (χ3v) is 5.27. The van der Waals surface area contributed by atoms with E-state index in [1.165, 1.54) is 6.07 Å². The Morgan fingerprint density at radius 3 is 2.61 bits per heavy atom. The Labute approximate surface area is 164 Å². The average molecular weight is 378 g/mol. The quantitative estimate of drug-likeness (QED) is 0.611. The molecule has 0 N–H and O–H groups in total. The van der Waals surface area contributed by atoms with E-state index in [0.29, 0.717) is 6.61 Å². The number of halogens is 1. The van der Waals surface area contributed by atoms with Crippen LogP contribution in [0.3, 0.4) is 0 Å². The molecule has 0 saturated carbocycles. The third kappa shape index (κ3) is 3.70. The predicted octanol–water partition coefficient (Wildman–Crippen LogP) is 4.82. The predicted molar refractivity (Wildman–Crippen MR) is 109 cm³/mol. The standard InChI is InChI=1S/C23H23FN2O2/c1-2-28-23(27)17-10-12-26(13-11-17)22-15-21(16-6-4-3-5-7-16)25-20-9-8-18(24)14-19(20)22/h3-9,14-15,17H,2,10-13H2,1H3. The minimum Gasteiger partial charge on any atom is -0.466 e. The summed E-state index contributed by atoms with van der Waals surface area (Å²) < 4.78 is 19.1. The number of pyridine rings is 1. The Hall–Kier alpha value is -2.95. The molecule has 4 nitrogen and oxygen atoms in total. The minimum absolute atomic E-state index is 0.0605. The zero-order valence-corrected chi connectivity index (χ0v) is 15.9. The summed E-state index contributed by atoms with van der Waals surface area (Å²) in [7, 11) is 0. The van der Waals surface area contributed by atoms with E-state index in [2.05, 4.69) is 4.90 Å². The van der Waals surface area contributed by atoms with Crippen LogP contribution in [0.4, 0.5) is 10.1 Å². The number of fused-ring (bicyclic) bond motifs is 1. The van der Waals surface area contributed by atoms with Crippen molar-refractivity contribution < 1.29 is 13.9 Å². The number of carbonyl (C=O) groups excluding carboxylic acids is 1. The molecule has 1 aromatic heterocycles. The Kier molecular flexibility index (Phi) is 5.24. The lowest BCUT2D eigenvalue weighted by Gasteiger charge is -2.33. The van der Waals surface area contributed by atoms with Crippen LogP contribution >= 0.6 is 0 Å². The van der Waals surface area contributed by atoms with Gasteiger partial charge in [-0.25, -0.2) is 9.37 Å². The number of carbonyl (C=O) groups is 1. The highest BCUT2D eigenvalue weighted by atomic mass is 19.1. The fourth-order valence-corrected chi connectivity index (χ4v) is 3.81. The highest BCUT2D eigenvalue weighted by molar-refractivity contribution is 5.94. The Morgan fingerprint density at radius 2 is 1.89 bits per heavy atom. The van der Waals surface area contributed by atoms with Gasteiger partial charge in [-0.05, 0) is 44.0 Å². The maximum absolute atomic E-state index is 14.0. The van der Waals surface area contributed by atoms with Gasteiger partial charge >= 0.3 is 5.97 Å². The molecule has 1 aliphatic heterocycles. The lowest BCUT2D eigenvalue weighted by Crippen LogP contribution is -2.37. The van der Waals surface area contributed by atoms with E-state index in [-0.39, 0.29) is 17.7 Å². The molecule has 0 aliphatic carbocycles. The van der Waals surface area contributed by atoms with Crippen molar-refractivity contribution in [3.63, 3.8) is 0 Å². The van der Waals surface area contributed by atoms with Crippen LogP contribution in [0.2, 0.25) is 0 Å². The van der Waals surface area contributed by atoms with Gasteiger partial charge in [0.15, 0.2) is 0 Å². The molecular weight excluding hydrogens is 355 g/mol. The number of hydrogen-bond donors (Lipinski definition) is 0. The van der Waals surface area contributed by atoms with E-state index in [1.807, 2.05) is 43.3 Å². The van der Waals surface area contributed by atoms with Gasteiger partial charge in [0, 0.05) is 29.7 Å². The van der Waals surface area contributed by atoms with E-state index < -0.39 is 0 Å². The first kappa shape index (κ1) is 18.4. The van der Waals surface area contributed by atoms with E-state index >= 15 is 0 Å². The smallest absolute Gasteiger partial charge is 0.309 e. The summed E-state index contributed by atoms with van der Waals surface area (Å²) in [5, 5.41) is 0.800. The topological polar surface area (TPSA) is 42.4 Å². The SMILES string of the molecule is CCOC(=O)C1CCN(c2cc(-c3ccccc3)nc3ccc(F)cc23)CC1. The number of hydrogen-bond acceptors (Lipinski definition) is 4. The van der Waals surface area contributed by atoms with Gasteiger partial charge in [0.05, 0.1) is 23.7 Å². The van der Waals surface area contributed by atoms with E-state index in [0.717, 1.165) is 53.8 Å². The maximum Gasteiger partial charge on any atom is 0.309 e. The molecule has 0 radical (unpaired) electrons. The highest BCUT2D eigenvalue weighted by Gasteiger charge is 2.27. The zero-order valence-electron chi connectivity index (χ0n) is 15.9. The van der Waals surface area contributed by atoms with Gasteiger partial charge < -0.3 is 9.64 Å². The van der Waals surface area contributed by atoms with E-state index in [4.69, 9.17) is 9.72 Å². The number of ether oxygens (including phenoxy) is 1. The molecule has 5 heteroatoms. The van der Waals surface area contributed by atoms with Crippen LogP contribution in [-0.4, -0.2) is 30.6 Å². The number of piperidine rings is 1. The highest BCUT2D eigenvalue weighted by Crippen LogP contribution is 2.34. The molecule has 0 amide bonds. The van der Waals surface area contributed by atoms with Gasteiger partial charge in [0.25, 0.3) is 0 Å². The molecule has 2 aromatic carbocycles. The molecule has 4 rings (SSSR count). The van der Waals surface area contributed by atoms with Crippen molar-refractivity contribution >= 4 is 22.6 Å². The molecule has 2 heterocycles. The summed E-state index contributed by atoms with van der Waals surface area (Å²) >= 11 is 0. The first-order chi connectivity index (χ1) is 13.7. The van der Waals surface area contributed by atoms with Gasteiger partial charge in [-0.2, -0.15) is 0 Å². The maximum atomic E-state index is 14.0. The number of nitrogens with zero attached hydrogens (tertiary/aromatic N) is 2. The number of rotatable bonds is 4. The lowest BCUT2D eigenvalue weighted by molar-refractivity contribution is -0.148. The van der Waals surface area contributed by atoms with Crippen LogP contribution in [-0.2, 0) is 9.53 Å².